The minimum absolute atomic E-state index is 0.0860. The number of cyclic esters (lactones) is 1. The Morgan fingerprint density at radius 2 is 1.55 bits per heavy atom. The number of ketones is 1. The van der Waals surface area contributed by atoms with E-state index < -0.39 is 108 Å². The van der Waals surface area contributed by atoms with Crippen LogP contribution in [0.15, 0.2) is 5.11 Å². The van der Waals surface area contributed by atoms with Gasteiger partial charge in [0.05, 0.1) is 42.0 Å². The first-order chi connectivity index (χ1) is 29.9. The summed E-state index contributed by atoms with van der Waals surface area (Å²) >= 11 is 0. The van der Waals surface area contributed by atoms with Crippen LogP contribution in [-0.2, 0) is 57.0 Å². The summed E-state index contributed by atoms with van der Waals surface area (Å²) in [6.07, 6.45) is -4.16. The molecule has 4 aliphatic heterocycles. The largest absolute Gasteiger partial charge is 0.458 e. The molecule has 18 atom stereocenters. The van der Waals surface area contributed by atoms with Crippen LogP contribution >= 0.6 is 0 Å². The predicted octanol–water partition coefficient (Wildman–Crippen LogP) is 6.84. The lowest BCUT2D eigenvalue weighted by Crippen LogP contribution is -2.61. The molecule has 0 aromatic carbocycles. The highest BCUT2D eigenvalue weighted by Gasteiger charge is 2.61. The summed E-state index contributed by atoms with van der Waals surface area (Å²) in [5.41, 5.74) is 5.19. The van der Waals surface area contributed by atoms with Crippen molar-refractivity contribution in [3.05, 3.63) is 10.4 Å². The maximum atomic E-state index is 14.9. The summed E-state index contributed by atoms with van der Waals surface area (Å²) in [5, 5.41) is 3.63. The fraction of sp³-hybridized carbons (Fsp3) is 0.913. The number of nitrogens with zero attached hydrogens (tertiary/aromatic N) is 5. The van der Waals surface area contributed by atoms with E-state index in [1.807, 2.05) is 55.6 Å². The van der Waals surface area contributed by atoms with Gasteiger partial charge in [-0.05, 0) is 93.3 Å². The number of carbonyl (C=O) groups is 4. The number of Topliss-reactive ketones (excluding diaryl/α,β-unsaturated/α-hetero) is 1. The molecule has 1 amide bonds. The molecule has 4 rings (SSSR count). The summed E-state index contributed by atoms with van der Waals surface area (Å²) in [5.74, 6) is -4.30. The van der Waals surface area contributed by atoms with E-state index in [1.54, 1.807) is 46.8 Å². The molecule has 0 N–H and O–H groups in total. The van der Waals surface area contributed by atoms with Gasteiger partial charge in [0.2, 0.25) is 0 Å². The smallest absolute Gasteiger partial charge is 0.410 e. The third kappa shape index (κ3) is 11.5. The van der Waals surface area contributed by atoms with Crippen LogP contribution in [0.5, 0.6) is 0 Å². The van der Waals surface area contributed by atoms with Gasteiger partial charge in [-0.25, -0.2) is 4.79 Å². The van der Waals surface area contributed by atoms with Crippen LogP contribution in [0, 0.1) is 29.6 Å². The second-order valence-electron chi connectivity index (χ2n) is 19.8. The minimum atomic E-state index is -1.43. The SMILES string of the molecule is CC[C@H]1OC(=O)[C@H](C)[C@@H](OC2C[C@@](C)(OC)[C@@H](OC(C)=O)[C@H](C)O2)[C@H](C)[C@@H](OC2O[C@H](C)C[C@H](N(C)C)[C@H]2C)[C@@](C)(OC)C[C@@H](C)C(=O)[C@H](C)C2N(CCCCN=[N+]=[N-])C(=O)O[C@@]21C. The van der Waals surface area contributed by atoms with Crippen LogP contribution < -0.4 is 0 Å². The van der Waals surface area contributed by atoms with Crippen molar-refractivity contribution >= 4 is 23.8 Å². The van der Waals surface area contributed by atoms with Crippen LogP contribution in [-0.4, -0.2) is 153 Å². The lowest BCUT2D eigenvalue weighted by molar-refractivity contribution is -0.315. The number of amides is 1. The lowest BCUT2D eigenvalue weighted by atomic mass is 9.73. The summed E-state index contributed by atoms with van der Waals surface area (Å²) < 4.78 is 58.1. The Morgan fingerprint density at radius 3 is 2.12 bits per heavy atom. The average Bonchev–Trinajstić information content (AvgIpc) is 3.50. The molecule has 4 heterocycles. The van der Waals surface area contributed by atoms with Gasteiger partial charge >= 0.3 is 18.0 Å². The van der Waals surface area contributed by atoms with Crippen molar-refractivity contribution in [2.75, 3.05) is 41.4 Å². The Labute approximate surface area is 380 Å². The van der Waals surface area contributed by atoms with Gasteiger partial charge in [0, 0.05) is 75.3 Å². The predicted molar refractivity (Wildman–Crippen MR) is 236 cm³/mol. The van der Waals surface area contributed by atoms with E-state index in [-0.39, 0.29) is 56.2 Å². The number of fused-ring (bicyclic) bond motifs is 1. The van der Waals surface area contributed by atoms with Crippen LogP contribution in [0.1, 0.15) is 122 Å². The number of methoxy groups -OCH3 is 2. The van der Waals surface area contributed by atoms with Crippen molar-refractivity contribution in [1.29, 1.82) is 0 Å². The molecule has 3 unspecified atom stereocenters. The molecule has 0 spiro atoms. The zero-order valence-corrected chi connectivity index (χ0v) is 41.4. The quantitative estimate of drug-likeness (QED) is 0.0437. The summed E-state index contributed by atoms with van der Waals surface area (Å²) in [6.45, 7) is 22.4. The van der Waals surface area contributed by atoms with E-state index in [1.165, 1.54) is 6.92 Å². The molecule has 4 fully saturated rings. The van der Waals surface area contributed by atoms with Crippen molar-refractivity contribution in [3.8, 4) is 0 Å². The Morgan fingerprint density at radius 1 is 0.906 bits per heavy atom. The maximum absolute atomic E-state index is 14.9. The first-order valence-corrected chi connectivity index (χ1v) is 23.2. The van der Waals surface area contributed by atoms with E-state index in [2.05, 4.69) is 21.8 Å². The highest BCUT2D eigenvalue weighted by atomic mass is 16.7. The van der Waals surface area contributed by atoms with Crippen LogP contribution in [0.4, 0.5) is 4.79 Å². The van der Waals surface area contributed by atoms with E-state index >= 15 is 0 Å². The molecule has 0 aliphatic carbocycles. The van der Waals surface area contributed by atoms with Gasteiger partial charge in [0.15, 0.2) is 24.3 Å². The molecule has 4 aliphatic rings. The van der Waals surface area contributed by atoms with Gasteiger partial charge in [-0.3, -0.25) is 14.4 Å². The Bertz CT molecular complexity index is 1670. The number of azide groups is 1. The van der Waals surface area contributed by atoms with Crippen LogP contribution in [0.25, 0.3) is 10.4 Å². The Hall–Kier alpha value is -3.09. The van der Waals surface area contributed by atoms with E-state index in [9.17, 15) is 19.2 Å². The van der Waals surface area contributed by atoms with Gasteiger partial charge in [0.1, 0.15) is 17.5 Å². The summed E-state index contributed by atoms with van der Waals surface area (Å²) in [4.78, 5) is 62.5. The molecule has 366 valence electrons. The van der Waals surface area contributed by atoms with Gasteiger partial charge in [0.25, 0.3) is 0 Å². The third-order valence-corrected chi connectivity index (χ3v) is 14.7. The second kappa shape index (κ2) is 22.1. The standard InChI is InChI=1S/C46H79N5O13/c1-17-34-46(12)38(51(43(55)64-46)21-19-18-20-48-49-47)28(5)36(53)25(2)23-44(10,56-15)39(63-42-27(4)33(50(13)14)22-26(3)58-42)29(6)37(30(7)41(54)61-34)62-35-24-45(11,57-16)40(31(8)59-35)60-32(9)52/h25-31,33-35,37-40,42H,17-24H2,1-16H3/t25-,26-,27-,28+,29+,30-,31+,33+,34-,35?,37+,38?,39-,40+,42?,44+,45-,46-/m1/s1. The molecule has 4 saturated heterocycles. The monoisotopic (exact) mass is 910 g/mol. The molecular formula is C46H79N5O13. The number of unbranched alkanes of at least 4 members (excludes halogenated alkanes) is 1. The van der Waals surface area contributed by atoms with Crippen molar-refractivity contribution in [1.82, 2.24) is 9.80 Å². The Kier molecular flexibility index (Phi) is 18.5. The van der Waals surface area contributed by atoms with Crippen molar-refractivity contribution in [3.63, 3.8) is 0 Å². The molecule has 18 nitrogen and oxygen atoms in total. The number of carbonyl (C=O) groups excluding carboxylic acids is 4. The second-order valence-corrected chi connectivity index (χ2v) is 19.8. The van der Waals surface area contributed by atoms with Crippen molar-refractivity contribution in [2.24, 2.45) is 34.7 Å². The first-order valence-electron chi connectivity index (χ1n) is 23.2. The van der Waals surface area contributed by atoms with Gasteiger partial charge < -0.3 is 52.4 Å². The Balaban J connectivity index is 1.89. The summed E-state index contributed by atoms with van der Waals surface area (Å²) in [7, 11) is 7.21. The zero-order valence-electron chi connectivity index (χ0n) is 41.4. The molecule has 0 radical (unpaired) electrons. The normalized spacial score (nSPS) is 42.5. The fourth-order valence-electron chi connectivity index (χ4n) is 11.1. The maximum Gasteiger partial charge on any atom is 0.410 e. The number of rotatable bonds is 14. The molecule has 18 heteroatoms. The highest BCUT2D eigenvalue weighted by Crippen LogP contribution is 2.45. The van der Waals surface area contributed by atoms with Gasteiger partial charge in [-0.2, -0.15) is 0 Å². The zero-order chi connectivity index (χ0) is 48.1. The lowest BCUT2D eigenvalue weighted by Gasteiger charge is -2.50. The number of ether oxygens (including phenoxy) is 9. The molecule has 0 aromatic rings. The van der Waals surface area contributed by atoms with Gasteiger partial charge in [-0.15, -0.1) is 0 Å². The van der Waals surface area contributed by atoms with E-state index in [0.717, 1.165) is 6.42 Å². The van der Waals surface area contributed by atoms with Crippen molar-refractivity contribution in [2.45, 2.75) is 200 Å². The number of esters is 2. The molecule has 0 saturated carbocycles. The van der Waals surface area contributed by atoms with Gasteiger partial charge in [-0.1, -0.05) is 39.7 Å². The molecule has 0 bridgehead atoms. The van der Waals surface area contributed by atoms with Crippen molar-refractivity contribution < 1.29 is 61.8 Å². The molecular weight excluding hydrogens is 831 g/mol. The third-order valence-electron chi connectivity index (χ3n) is 14.7. The number of hydrogen-bond donors (Lipinski definition) is 0. The van der Waals surface area contributed by atoms with Crippen LogP contribution in [0.3, 0.4) is 0 Å². The average molecular weight is 910 g/mol. The topological polar surface area (TPSA) is 207 Å². The van der Waals surface area contributed by atoms with E-state index in [4.69, 9.17) is 48.2 Å². The molecule has 64 heavy (non-hydrogen) atoms. The molecule has 0 aromatic heterocycles. The van der Waals surface area contributed by atoms with Crippen LogP contribution in [0.2, 0.25) is 0 Å². The van der Waals surface area contributed by atoms with E-state index in [0.29, 0.717) is 12.8 Å². The number of hydrogen-bond acceptors (Lipinski definition) is 15. The first kappa shape index (κ1) is 53.5. The minimum Gasteiger partial charge on any atom is -0.458 e. The highest BCUT2D eigenvalue weighted by molar-refractivity contribution is 5.85. The fourth-order valence-corrected chi connectivity index (χ4v) is 11.1. The summed E-state index contributed by atoms with van der Waals surface area (Å²) in [6, 6.07) is -0.682.